The van der Waals surface area contributed by atoms with Crippen LogP contribution in [0.1, 0.15) is 49.0 Å². The summed E-state index contributed by atoms with van der Waals surface area (Å²) in [5.41, 5.74) is 2.06. The molecule has 0 saturated carbocycles. The molecule has 3 aromatic rings. The molecule has 1 aliphatic rings. The van der Waals surface area contributed by atoms with Crippen LogP contribution in [0, 0.1) is 6.92 Å². The van der Waals surface area contributed by atoms with Crippen molar-refractivity contribution in [3.8, 4) is 5.75 Å². The number of carbonyl (C=O) groups is 2. The lowest BCUT2D eigenvalue weighted by Gasteiger charge is -2.23. The maximum atomic E-state index is 13.2. The third-order valence-electron chi connectivity index (χ3n) is 5.68. The number of aryl methyl sites for hydroxylation is 2. The van der Waals surface area contributed by atoms with Crippen LogP contribution in [0.15, 0.2) is 70.7 Å². The summed E-state index contributed by atoms with van der Waals surface area (Å²) in [4.78, 5) is 27.8. The minimum Gasteiger partial charge on any atom is -0.507 e. The van der Waals surface area contributed by atoms with Gasteiger partial charge in [-0.1, -0.05) is 38.1 Å². The molecule has 0 aliphatic carbocycles. The van der Waals surface area contributed by atoms with Gasteiger partial charge >= 0.3 is 0 Å². The second kappa shape index (κ2) is 9.36. The number of nitrogens with zero attached hydrogens (tertiary/aromatic N) is 1. The predicted molar refractivity (Wildman–Crippen MR) is 126 cm³/mol. The van der Waals surface area contributed by atoms with Crippen LogP contribution in [0.2, 0.25) is 0 Å². The number of ether oxygens (including phenoxy) is 1. The van der Waals surface area contributed by atoms with E-state index < -0.39 is 17.7 Å². The first kappa shape index (κ1) is 22.4. The van der Waals surface area contributed by atoms with Gasteiger partial charge in [-0.2, -0.15) is 0 Å². The Labute approximate surface area is 193 Å². The van der Waals surface area contributed by atoms with Crippen LogP contribution in [-0.2, 0) is 16.0 Å². The van der Waals surface area contributed by atoms with Crippen molar-refractivity contribution in [1.82, 2.24) is 0 Å². The number of ketones is 1. The number of benzene rings is 2. The average molecular weight is 446 g/mol. The third-order valence-corrected chi connectivity index (χ3v) is 5.68. The van der Waals surface area contributed by atoms with Gasteiger partial charge in [-0.25, -0.2) is 0 Å². The van der Waals surface area contributed by atoms with Crippen LogP contribution in [0.3, 0.4) is 0 Å². The minimum atomic E-state index is -0.883. The Balaban J connectivity index is 1.85. The van der Waals surface area contributed by atoms with Gasteiger partial charge in [0.2, 0.25) is 0 Å². The molecule has 1 N–H and O–H groups in total. The normalized spacial score (nSPS) is 17.5. The van der Waals surface area contributed by atoms with Gasteiger partial charge in [-0.05, 0) is 61.7 Å². The Hall–Kier alpha value is -3.80. The van der Waals surface area contributed by atoms with E-state index in [0.29, 0.717) is 35.1 Å². The van der Waals surface area contributed by atoms with E-state index in [4.69, 9.17) is 9.15 Å². The molecule has 1 unspecified atom stereocenters. The van der Waals surface area contributed by atoms with Crippen LogP contribution in [0.25, 0.3) is 5.76 Å². The Bertz CT molecular complexity index is 1210. The molecule has 1 fully saturated rings. The van der Waals surface area contributed by atoms with E-state index in [-0.39, 0.29) is 11.3 Å². The molecule has 6 nitrogen and oxygen atoms in total. The lowest BCUT2D eigenvalue weighted by Crippen LogP contribution is -2.29. The number of hydrogen-bond donors (Lipinski definition) is 1. The summed E-state index contributed by atoms with van der Waals surface area (Å²) in [5.74, 6) is -0.0972. The zero-order valence-corrected chi connectivity index (χ0v) is 19.0. The van der Waals surface area contributed by atoms with Gasteiger partial charge < -0.3 is 14.3 Å². The second-order valence-corrected chi connectivity index (χ2v) is 8.01. The van der Waals surface area contributed by atoms with Gasteiger partial charge in [0.1, 0.15) is 29.1 Å². The maximum Gasteiger partial charge on any atom is 0.300 e. The zero-order valence-electron chi connectivity index (χ0n) is 19.0. The summed E-state index contributed by atoms with van der Waals surface area (Å²) in [6.45, 7) is 6.38. The number of hydrogen-bond acceptors (Lipinski definition) is 5. The van der Waals surface area contributed by atoms with Crippen molar-refractivity contribution >= 4 is 23.1 Å². The molecular formula is C27H27NO5. The van der Waals surface area contributed by atoms with Crippen LogP contribution in [-0.4, -0.2) is 23.4 Å². The van der Waals surface area contributed by atoms with Crippen LogP contribution in [0.4, 0.5) is 5.69 Å². The highest BCUT2D eigenvalue weighted by Crippen LogP contribution is 2.42. The zero-order chi connectivity index (χ0) is 23.5. The van der Waals surface area contributed by atoms with Crippen molar-refractivity contribution in [3.63, 3.8) is 0 Å². The lowest BCUT2D eigenvalue weighted by molar-refractivity contribution is -0.132. The number of aliphatic hydroxyl groups is 1. The molecule has 6 heteroatoms. The van der Waals surface area contributed by atoms with Crippen LogP contribution >= 0.6 is 0 Å². The molecule has 33 heavy (non-hydrogen) atoms. The molecular weight excluding hydrogens is 418 g/mol. The van der Waals surface area contributed by atoms with Gasteiger partial charge in [-0.15, -0.1) is 0 Å². The van der Waals surface area contributed by atoms with Crippen molar-refractivity contribution in [2.45, 2.75) is 39.7 Å². The van der Waals surface area contributed by atoms with Gasteiger partial charge in [0.15, 0.2) is 0 Å². The fourth-order valence-corrected chi connectivity index (χ4v) is 3.97. The summed E-state index contributed by atoms with van der Waals surface area (Å²) < 4.78 is 11.5. The Morgan fingerprint density at radius 3 is 2.45 bits per heavy atom. The van der Waals surface area contributed by atoms with E-state index in [9.17, 15) is 14.7 Å². The van der Waals surface area contributed by atoms with Crippen molar-refractivity contribution in [1.29, 1.82) is 0 Å². The van der Waals surface area contributed by atoms with E-state index in [1.165, 1.54) is 4.90 Å². The molecule has 0 bridgehead atoms. The van der Waals surface area contributed by atoms with Crippen molar-refractivity contribution in [2.75, 3.05) is 11.5 Å². The van der Waals surface area contributed by atoms with E-state index in [2.05, 4.69) is 0 Å². The quantitative estimate of drug-likeness (QED) is 0.292. The van der Waals surface area contributed by atoms with E-state index in [1.807, 2.05) is 38.1 Å². The highest BCUT2D eigenvalue weighted by Gasteiger charge is 2.48. The first-order valence-electron chi connectivity index (χ1n) is 11.1. The standard InChI is InChI=1S/C27H27NO5/c1-4-15-32-21-8-6-7-19(16-21)25(29)23-24(22-14-9-17(3)33-22)28(27(31)26(23)30)20-12-10-18(5-2)11-13-20/h6-14,16,24,29H,4-5,15H2,1-3H3/b25-23-. The fraction of sp³-hybridized carbons (Fsp3) is 0.259. The summed E-state index contributed by atoms with van der Waals surface area (Å²) in [7, 11) is 0. The molecule has 1 amide bonds. The van der Waals surface area contributed by atoms with Crippen LogP contribution in [0.5, 0.6) is 5.75 Å². The molecule has 1 aromatic heterocycles. The molecule has 4 rings (SSSR count). The summed E-state index contributed by atoms with van der Waals surface area (Å²) in [6, 6.07) is 17.0. The first-order chi connectivity index (χ1) is 15.9. The van der Waals surface area contributed by atoms with E-state index >= 15 is 0 Å². The van der Waals surface area contributed by atoms with Gasteiger partial charge in [0.25, 0.3) is 11.7 Å². The Morgan fingerprint density at radius 1 is 1.06 bits per heavy atom. The number of carbonyl (C=O) groups excluding carboxylic acids is 2. The summed E-state index contributed by atoms with van der Waals surface area (Å²) in [5, 5.41) is 11.2. The van der Waals surface area contributed by atoms with Crippen molar-refractivity contribution in [2.24, 2.45) is 0 Å². The number of aliphatic hydroxyl groups excluding tert-OH is 1. The molecule has 1 atom stereocenters. The third kappa shape index (κ3) is 4.29. The predicted octanol–water partition coefficient (Wildman–Crippen LogP) is 5.57. The average Bonchev–Trinajstić information content (AvgIpc) is 3.38. The lowest BCUT2D eigenvalue weighted by atomic mass is 9.99. The smallest absolute Gasteiger partial charge is 0.300 e. The van der Waals surface area contributed by atoms with Crippen molar-refractivity contribution in [3.05, 3.63) is 88.9 Å². The Kier molecular flexibility index (Phi) is 6.36. The van der Waals surface area contributed by atoms with Crippen molar-refractivity contribution < 1.29 is 23.8 Å². The first-order valence-corrected chi connectivity index (χ1v) is 11.1. The Morgan fingerprint density at radius 2 is 1.82 bits per heavy atom. The molecule has 170 valence electrons. The van der Waals surface area contributed by atoms with Gasteiger partial charge in [0, 0.05) is 11.3 Å². The van der Waals surface area contributed by atoms with Gasteiger partial charge in [-0.3, -0.25) is 14.5 Å². The van der Waals surface area contributed by atoms with Crippen LogP contribution < -0.4 is 9.64 Å². The highest BCUT2D eigenvalue weighted by atomic mass is 16.5. The molecule has 1 aliphatic heterocycles. The monoisotopic (exact) mass is 445 g/mol. The number of rotatable bonds is 7. The minimum absolute atomic E-state index is 0.0124. The number of anilines is 1. The van der Waals surface area contributed by atoms with Gasteiger partial charge in [0.05, 0.1) is 12.2 Å². The summed E-state index contributed by atoms with van der Waals surface area (Å²) >= 11 is 0. The fourth-order valence-electron chi connectivity index (χ4n) is 3.97. The molecule has 2 aromatic carbocycles. The topological polar surface area (TPSA) is 80.0 Å². The number of furan rings is 1. The SMILES string of the molecule is CCCOc1cccc(/C(O)=C2/C(=O)C(=O)N(c3ccc(CC)cc3)C2c2ccc(C)o2)c1. The second-order valence-electron chi connectivity index (χ2n) is 8.01. The molecule has 0 spiro atoms. The van der Waals surface area contributed by atoms with E-state index in [0.717, 1.165) is 18.4 Å². The maximum absolute atomic E-state index is 13.2. The molecule has 1 saturated heterocycles. The number of Topliss-reactive ketones (excluding diaryl/α,β-unsaturated/α-hetero) is 1. The molecule has 0 radical (unpaired) electrons. The summed E-state index contributed by atoms with van der Waals surface area (Å²) in [6.07, 6.45) is 1.70. The largest absolute Gasteiger partial charge is 0.507 e. The molecule has 2 heterocycles. The number of amides is 1. The highest BCUT2D eigenvalue weighted by molar-refractivity contribution is 6.51. The van der Waals surface area contributed by atoms with E-state index in [1.54, 1.807) is 43.3 Å².